The van der Waals surface area contributed by atoms with Gasteiger partial charge in [0.1, 0.15) is 5.70 Å². The molecule has 2 aliphatic heterocycles. The number of rotatable bonds is 4. The number of carbonyl (C=O) groups is 2. The van der Waals surface area contributed by atoms with Gasteiger partial charge in [0.05, 0.1) is 11.3 Å². The number of amides is 2. The van der Waals surface area contributed by atoms with Crippen LogP contribution in [0.5, 0.6) is 0 Å². The minimum Gasteiger partial charge on any atom is -0.364 e. The SMILES string of the molecule is CCN1CCN(C2=C(c3ccc(C)c(C)c3)C(=O)N(c3ccc(C)cc3)C2=O)CC1. The lowest BCUT2D eigenvalue weighted by Crippen LogP contribution is -2.47. The van der Waals surface area contributed by atoms with Gasteiger partial charge >= 0.3 is 0 Å². The van der Waals surface area contributed by atoms with Crippen LogP contribution in [0.15, 0.2) is 48.2 Å². The highest BCUT2D eigenvalue weighted by atomic mass is 16.2. The molecule has 0 atom stereocenters. The van der Waals surface area contributed by atoms with E-state index in [2.05, 4.69) is 23.6 Å². The number of imide groups is 1. The maximum absolute atomic E-state index is 13.6. The number of anilines is 1. The quantitative estimate of drug-likeness (QED) is 0.733. The summed E-state index contributed by atoms with van der Waals surface area (Å²) in [4.78, 5) is 33.0. The van der Waals surface area contributed by atoms with Crippen molar-refractivity contribution >= 4 is 23.1 Å². The molecule has 5 heteroatoms. The van der Waals surface area contributed by atoms with E-state index in [0.717, 1.165) is 49.4 Å². The third-order valence-electron chi connectivity index (χ3n) is 6.28. The van der Waals surface area contributed by atoms with Gasteiger partial charge in [-0.05, 0) is 56.1 Å². The topological polar surface area (TPSA) is 43.9 Å². The molecule has 1 fully saturated rings. The summed E-state index contributed by atoms with van der Waals surface area (Å²) in [6.45, 7) is 12.5. The molecule has 30 heavy (non-hydrogen) atoms. The second-order valence-electron chi connectivity index (χ2n) is 8.23. The predicted octanol–water partition coefficient (Wildman–Crippen LogP) is 3.53. The Hall–Kier alpha value is -2.92. The van der Waals surface area contributed by atoms with Crippen molar-refractivity contribution in [2.75, 3.05) is 37.6 Å². The van der Waals surface area contributed by atoms with E-state index < -0.39 is 0 Å². The van der Waals surface area contributed by atoms with Crippen LogP contribution in [0.4, 0.5) is 5.69 Å². The average molecular weight is 404 g/mol. The molecule has 5 nitrogen and oxygen atoms in total. The van der Waals surface area contributed by atoms with Crippen LogP contribution in [0.2, 0.25) is 0 Å². The molecule has 0 unspecified atom stereocenters. The van der Waals surface area contributed by atoms with E-state index in [4.69, 9.17) is 0 Å². The van der Waals surface area contributed by atoms with Gasteiger partial charge in [0.2, 0.25) is 0 Å². The number of aryl methyl sites for hydroxylation is 3. The fourth-order valence-electron chi connectivity index (χ4n) is 4.18. The molecule has 0 aliphatic carbocycles. The largest absolute Gasteiger partial charge is 0.364 e. The van der Waals surface area contributed by atoms with Crippen molar-refractivity contribution in [1.29, 1.82) is 0 Å². The fraction of sp³-hybridized carbons (Fsp3) is 0.360. The first-order valence-corrected chi connectivity index (χ1v) is 10.7. The summed E-state index contributed by atoms with van der Waals surface area (Å²) in [6, 6.07) is 13.6. The highest BCUT2D eigenvalue weighted by molar-refractivity contribution is 6.45. The third-order valence-corrected chi connectivity index (χ3v) is 6.28. The first-order valence-electron chi connectivity index (χ1n) is 10.7. The number of hydrogen-bond donors (Lipinski definition) is 0. The number of nitrogens with zero attached hydrogens (tertiary/aromatic N) is 3. The standard InChI is InChI=1S/C25H29N3O2/c1-5-26-12-14-27(15-13-26)23-22(20-9-8-18(3)19(4)16-20)24(29)28(25(23)30)21-10-6-17(2)7-11-21/h6-11,16H,5,12-15H2,1-4H3. The molecule has 2 heterocycles. The second-order valence-corrected chi connectivity index (χ2v) is 8.23. The number of benzene rings is 2. The van der Waals surface area contributed by atoms with Crippen molar-refractivity contribution in [2.45, 2.75) is 27.7 Å². The van der Waals surface area contributed by atoms with Gasteiger partial charge in [0.15, 0.2) is 0 Å². The molecule has 1 saturated heterocycles. The summed E-state index contributed by atoms with van der Waals surface area (Å²) >= 11 is 0. The maximum Gasteiger partial charge on any atom is 0.282 e. The Balaban J connectivity index is 1.79. The lowest BCUT2D eigenvalue weighted by atomic mass is 9.99. The molecule has 2 aromatic carbocycles. The van der Waals surface area contributed by atoms with Crippen molar-refractivity contribution in [3.63, 3.8) is 0 Å². The molecule has 0 radical (unpaired) electrons. The molecule has 4 rings (SSSR count). The smallest absolute Gasteiger partial charge is 0.282 e. The van der Waals surface area contributed by atoms with Gasteiger partial charge < -0.3 is 9.80 Å². The molecular formula is C25H29N3O2. The van der Waals surface area contributed by atoms with E-state index in [1.807, 2.05) is 56.3 Å². The zero-order chi connectivity index (χ0) is 21.4. The minimum absolute atomic E-state index is 0.220. The molecule has 156 valence electrons. The summed E-state index contributed by atoms with van der Waals surface area (Å²) in [5.41, 5.74) is 5.89. The Bertz CT molecular complexity index is 1020. The van der Waals surface area contributed by atoms with Gasteiger partial charge in [-0.15, -0.1) is 0 Å². The summed E-state index contributed by atoms with van der Waals surface area (Å²) < 4.78 is 0. The van der Waals surface area contributed by atoms with Crippen molar-refractivity contribution in [3.8, 4) is 0 Å². The van der Waals surface area contributed by atoms with Gasteiger partial charge in [0.25, 0.3) is 11.8 Å². The highest BCUT2D eigenvalue weighted by Crippen LogP contribution is 2.35. The van der Waals surface area contributed by atoms with Crippen molar-refractivity contribution in [1.82, 2.24) is 9.80 Å². The first-order chi connectivity index (χ1) is 14.4. The number of hydrogen-bond acceptors (Lipinski definition) is 4. The van der Waals surface area contributed by atoms with Crippen LogP contribution >= 0.6 is 0 Å². The van der Waals surface area contributed by atoms with Crippen LogP contribution in [0.25, 0.3) is 5.57 Å². The van der Waals surface area contributed by atoms with Gasteiger partial charge in [-0.25, -0.2) is 4.90 Å². The van der Waals surface area contributed by atoms with Crippen molar-refractivity contribution in [2.24, 2.45) is 0 Å². The Kier molecular flexibility index (Phi) is 5.48. The Labute approximate surface area is 178 Å². The normalized spacial score (nSPS) is 18.0. The van der Waals surface area contributed by atoms with Crippen molar-refractivity contribution in [3.05, 3.63) is 70.4 Å². The van der Waals surface area contributed by atoms with E-state index in [1.165, 1.54) is 10.5 Å². The number of piperazine rings is 1. The predicted molar refractivity (Wildman–Crippen MR) is 120 cm³/mol. The summed E-state index contributed by atoms with van der Waals surface area (Å²) in [5, 5.41) is 0. The molecule has 0 bridgehead atoms. The van der Waals surface area contributed by atoms with E-state index in [-0.39, 0.29) is 11.8 Å². The van der Waals surface area contributed by atoms with E-state index in [9.17, 15) is 9.59 Å². The summed E-state index contributed by atoms with van der Waals surface area (Å²) in [5.74, 6) is -0.456. The fourth-order valence-corrected chi connectivity index (χ4v) is 4.18. The van der Waals surface area contributed by atoms with Gasteiger partial charge in [-0.2, -0.15) is 0 Å². The second kappa shape index (κ2) is 8.07. The van der Waals surface area contributed by atoms with Crippen LogP contribution in [-0.2, 0) is 9.59 Å². The number of carbonyl (C=O) groups excluding carboxylic acids is 2. The Morgan fingerprint density at radius 2 is 1.47 bits per heavy atom. The molecule has 2 aliphatic rings. The van der Waals surface area contributed by atoms with E-state index in [0.29, 0.717) is 17.0 Å². The molecule has 2 aromatic rings. The zero-order valence-electron chi connectivity index (χ0n) is 18.2. The number of likely N-dealkylation sites (N-methyl/N-ethyl adjacent to an activating group) is 1. The van der Waals surface area contributed by atoms with Gasteiger partial charge in [-0.3, -0.25) is 9.59 Å². The zero-order valence-corrected chi connectivity index (χ0v) is 18.2. The Morgan fingerprint density at radius 1 is 0.800 bits per heavy atom. The monoisotopic (exact) mass is 403 g/mol. The minimum atomic E-state index is -0.236. The molecule has 0 aromatic heterocycles. The van der Waals surface area contributed by atoms with Crippen LogP contribution < -0.4 is 4.90 Å². The van der Waals surface area contributed by atoms with E-state index in [1.54, 1.807) is 0 Å². The average Bonchev–Trinajstić information content (AvgIpc) is 3.01. The highest BCUT2D eigenvalue weighted by Gasteiger charge is 2.43. The lowest BCUT2D eigenvalue weighted by molar-refractivity contribution is -0.120. The molecule has 0 N–H and O–H groups in total. The van der Waals surface area contributed by atoms with Gasteiger partial charge in [-0.1, -0.05) is 42.8 Å². The van der Waals surface area contributed by atoms with Crippen molar-refractivity contribution < 1.29 is 9.59 Å². The first kappa shape index (κ1) is 20.4. The summed E-state index contributed by atoms with van der Waals surface area (Å²) in [6.07, 6.45) is 0. The molecule has 0 spiro atoms. The van der Waals surface area contributed by atoms with Crippen LogP contribution in [0, 0.1) is 20.8 Å². The van der Waals surface area contributed by atoms with Crippen LogP contribution in [0.3, 0.4) is 0 Å². The molecule has 2 amide bonds. The summed E-state index contributed by atoms with van der Waals surface area (Å²) in [7, 11) is 0. The van der Waals surface area contributed by atoms with Crippen LogP contribution in [-0.4, -0.2) is 54.3 Å². The maximum atomic E-state index is 13.6. The molecule has 0 saturated carbocycles. The third kappa shape index (κ3) is 3.54. The van der Waals surface area contributed by atoms with Crippen LogP contribution in [0.1, 0.15) is 29.2 Å². The lowest BCUT2D eigenvalue weighted by Gasteiger charge is -2.36. The Morgan fingerprint density at radius 3 is 2.07 bits per heavy atom. The van der Waals surface area contributed by atoms with Gasteiger partial charge in [0, 0.05) is 26.2 Å². The van der Waals surface area contributed by atoms with E-state index >= 15 is 0 Å². The molecular weight excluding hydrogens is 374 g/mol.